The number of fused-ring (bicyclic) bond motifs is 3. The van der Waals surface area contributed by atoms with E-state index < -0.39 is 0 Å². The Hall–Kier alpha value is -1.88. The quantitative estimate of drug-likeness (QED) is 0.917. The Balaban J connectivity index is 1.42. The van der Waals surface area contributed by atoms with Crippen molar-refractivity contribution in [3.63, 3.8) is 0 Å². The van der Waals surface area contributed by atoms with Gasteiger partial charge in [0.05, 0.1) is 12.4 Å². The molecule has 4 fully saturated rings. The number of rotatable bonds is 2. The molecule has 5 nitrogen and oxygen atoms in total. The molecule has 1 unspecified atom stereocenters. The second kappa shape index (κ2) is 4.32. The molecule has 1 aliphatic carbocycles. The zero-order chi connectivity index (χ0) is 14.7. The number of nitrogens with zero attached hydrogens (tertiary/aromatic N) is 3. The van der Waals surface area contributed by atoms with Crippen LogP contribution in [0, 0.1) is 5.92 Å². The molecule has 4 aliphatic rings. The van der Waals surface area contributed by atoms with E-state index in [1.54, 1.807) is 6.33 Å². The van der Waals surface area contributed by atoms with Crippen molar-refractivity contribution in [1.29, 1.82) is 0 Å². The summed E-state index contributed by atoms with van der Waals surface area (Å²) in [6.07, 6.45) is 8.57. The van der Waals surface area contributed by atoms with Crippen LogP contribution in [0.2, 0.25) is 0 Å². The van der Waals surface area contributed by atoms with Crippen LogP contribution in [0.3, 0.4) is 0 Å². The highest BCUT2D eigenvalue weighted by Crippen LogP contribution is 2.53. The molecule has 1 saturated carbocycles. The molecule has 114 valence electrons. The fraction of sp³-hybridized carbons (Fsp3) is 0.529. The van der Waals surface area contributed by atoms with Crippen molar-refractivity contribution >= 4 is 11.4 Å². The van der Waals surface area contributed by atoms with E-state index in [1.807, 2.05) is 28.8 Å². The Morgan fingerprint density at radius 3 is 2.91 bits per heavy atom. The Bertz CT molecular complexity index is 740. The average Bonchev–Trinajstić information content (AvgIpc) is 3.18. The van der Waals surface area contributed by atoms with Crippen LogP contribution in [0.15, 0.2) is 30.7 Å². The third-order valence-corrected chi connectivity index (χ3v) is 5.92. The summed E-state index contributed by atoms with van der Waals surface area (Å²) in [6, 6.07) is 6.14. The number of piperidine rings is 3. The van der Waals surface area contributed by atoms with Gasteiger partial charge in [-0.15, -0.1) is 0 Å². The monoisotopic (exact) mass is 296 g/mol. The maximum atomic E-state index is 12.7. The van der Waals surface area contributed by atoms with Gasteiger partial charge in [0.25, 0.3) is 5.91 Å². The summed E-state index contributed by atoms with van der Waals surface area (Å²) in [7, 11) is 0. The van der Waals surface area contributed by atoms with E-state index in [9.17, 15) is 4.79 Å². The highest BCUT2D eigenvalue weighted by molar-refractivity contribution is 5.93. The fourth-order valence-electron chi connectivity index (χ4n) is 4.60. The summed E-state index contributed by atoms with van der Waals surface area (Å²) in [5.41, 5.74) is 1.81. The first-order valence-corrected chi connectivity index (χ1v) is 8.25. The molecule has 0 radical (unpaired) electrons. The fourth-order valence-corrected chi connectivity index (χ4v) is 4.60. The summed E-state index contributed by atoms with van der Waals surface area (Å²) < 4.78 is 1.92. The number of amides is 1. The zero-order valence-corrected chi connectivity index (χ0v) is 12.5. The molecule has 2 aromatic heterocycles. The first-order chi connectivity index (χ1) is 10.8. The van der Waals surface area contributed by atoms with Crippen molar-refractivity contribution in [3.05, 3.63) is 36.4 Å². The van der Waals surface area contributed by atoms with Crippen LogP contribution in [-0.2, 0) is 0 Å². The minimum Gasteiger partial charge on any atom is -0.346 e. The van der Waals surface area contributed by atoms with E-state index in [0.717, 1.165) is 5.52 Å². The van der Waals surface area contributed by atoms with Crippen molar-refractivity contribution in [2.24, 2.45) is 5.92 Å². The van der Waals surface area contributed by atoms with Crippen molar-refractivity contribution in [3.8, 4) is 0 Å². The summed E-state index contributed by atoms with van der Waals surface area (Å²) in [5.74, 6) is 0.627. The van der Waals surface area contributed by atoms with Gasteiger partial charge in [0, 0.05) is 17.3 Å². The molecule has 6 rings (SSSR count). The number of nitrogens with one attached hydrogen (secondary N) is 1. The van der Waals surface area contributed by atoms with Crippen LogP contribution >= 0.6 is 0 Å². The number of hydrogen-bond acceptors (Lipinski definition) is 3. The van der Waals surface area contributed by atoms with Gasteiger partial charge < -0.3 is 9.72 Å². The standard InChI is InChI=1S/C17H20N4O/c22-16(14-10-13-2-1-7-20(13)11-18-14)19-15-12-3-8-21(9-4-12)17(15)5-6-17/h1-2,7,10-12,15H,3-6,8-9H2,(H,19,22). The van der Waals surface area contributed by atoms with Crippen molar-refractivity contribution in [2.75, 3.05) is 13.1 Å². The van der Waals surface area contributed by atoms with Gasteiger partial charge in [-0.05, 0) is 62.9 Å². The molecule has 1 N–H and O–H groups in total. The van der Waals surface area contributed by atoms with Gasteiger partial charge in [0.2, 0.25) is 0 Å². The third kappa shape index (κ3) is 1.69. The number of hydrogen-bond donors (Lipinski definition) is 1. The van der Waals surface area contributed by atoms with Gasteiger partial charge in [-0.1, -0.05) is 0 Å². The van der Waals surface area contributed by atoms with Gasteiger partial charge in [-0.3, -0.25) is 9.69 Å². The van der Waals surface area contributed by atoms with Crippen LogP contribution in [0.25, 0.3) is 5.52 Å². The van der Waals surface area contributed by atoms with E-state index in [1.165, 1.54) is 38.8 Å². The van der Waals surface area contributed by atoms with E-state index in [0.29, 0.717) is 17.7 Å². The second-order valence-corrected chi connectivity index (χ2v) is 6.99. The minimum absolute atomic E-state index is 0.0197. The molecule has 3 aliphatic heterocycles. The SMILES string of the molecule is O=C(NC1C2CCN(CC2)C12CC2)c1cc2cccn2cn1. The van der Waals surface area contributed by atoms with Gasteiger partial charge >= 0.3 is 0 Å². The molecule has 1 spiro atoms. The lowest BCUT2D eigenvalue weighted by Crippen LogP contribution is -2.65. The number of aromatic nitrogens is 2. The molecule has 3 saturated heterocycles. The molecular formula is C17H20N4O. The maximum Gasteiger partial charge on any atom is 0.270 e. The van der Waals surface area contributed by atoms with Crippen molar-refractivity contribution in [1.82, 2.24) is 19.6 Å². The summed E-state index contributed by atoms with van der Waals surface area (Å²) in [6.45, 7) is 2.43. The molecule has 5 heteroatoms. The van der Waals surface area contributed by atoms with Crippen LogP contribution in [0.1, 0.15) is 36.2 Å². The smallest absolute Gasteiger partial charge is 0.270 e. The molecular weight excluding hydrogens is 276 g/mol. The van der Waals surface area contributed by atoms with Crippen LogP contribution in [0.4, 0.5) is 0 Å². The minimum atomic E-state index is -0.0197. The molecule has 2 aromatic rings. The zero-order valence-electron chi connectivity index (χ0n) is 12.5. The Labute approximate surface area is 129 Å². The van der Waals surface area contributed by atoms with Gasteiger partial charge in [0.1, 0.15) is 5.69 Å². The molecule has 0 aromatic carbocycles. The first kappa shape index (κ1) is 12.6. The Morgan fingerprint density at radius 1 is 1.32 bits per heavy atom. The van der Waals surface area contributed by atoms with Gasteiger partial charge in [-0.25, -0.2) is 4.98 Å². The highest BCUT2D eigenvalue weighted by Gasteiger charge is 2.60. The normalized spacial score (nSPS) is 31.5. The topological polar surface area (TPSA) is 49.6 Å². The van der Waals surface area contributed by atoms with Crippen LogP contribution in [-0.4, -0.2) is 44.9 Å². The highest BCUT2D eigenvalue weighted by atomic mass is 16.2. The first-order valence-electron chi connectivity index (χ1n) is 8.25. The maximum absolute atomic E-state index is 12.7. The Kier molecular flexibility index (Phi) is 2.48. The number of carbonyl (C=O) groups is 1. The molecule has 1 atom stereocenters. The van der Waals surface area contributed by atoms with E-state index in [4.69, 9.17) is 0 Å². The van der Waals surface area contributed by atoms with E-state index in [-0.39, 0.29) is 11.4 Å². The Morgan fingerprint density at radius 2 is 2.14 bits per heavy atom. The van der Waals surface area contributed by atoms with Gasteiger partial charge in [0.15, 0.2) is 0 Å². The molecule has 1 amide bonds. The molecule has 5 heterocycles. The van der Waals surface area contributed by atoms with Gasteiger partial charge in [-0.2, -0.15) is 0 Å². The lowest BCUT2D eigenvalue weighted by molar-refractivity contribution is -0.00152. The van der Waals surface area contributed by atoms with E-state index >= 15 is 0 Å². The molecule has 22 heavy (non-hydrogen) atoms. The second-order valence-electron chi connectivity index (χ2n) is 6.99. The number of carbonyl (C=O) groups excluding carboxylic acids is 1. The largest absolute Gasteiger partial charge is 0.346 e. The predicted octanol–water partition coefficient (Wildman–Crippen LogP) is 1.69. The lowest BCUT2D eigenvalue weighted by Gasteiger charge is -2.52. The van der Waals surface area contributed by atoms with Crippen molar-refractivity contribution < 1.29 is 4.79 Å². The summed E-state index contributed by atoms with van der Waals surface area (Å²) in [4.78, 5) is 19.6. The lowest BCUT2D eigenvalue weighted by atomic mass is 9.77. The molecule has 2 bridgehead atoms. The van der Waals surface area contributed by atoms with Crippen LogP contribution in [0.5, 0.6) is 0 Å². The summed E-state index contributed by atoms with van der Waals surface area (Å²) in [5, 5.41) is 3.32. The average molecular weight is 296 g/mol. The third-order valence-electron chi connectivity index (χ3n) is 5.92. The predicted molar refractivity (Wildman–Crippen MR) is 82.7 cm³/mol. The summed E-state index contributed by atoms with van der Waals surface area (Å²) >= 11 is 0. The van der Waals surface area contributed by atoms with Crippen molar-refractivity contribution in [2.45, 2.75) is 37.3 Å². The van der Waals surface area contributed by atoms with E-state index in [2.05, 4.69) is 15.2 Å². The van der Waals surface area contributed by atoms with Crippen LogP contribution < -0.4 is 5.32 Å².